The second-order valence-corrected chi connectivity index (χ2v) is 5.32. The van der Waals surface area contributed by atoms with E-state index >= 15 is 0 Å². The van der Waals surface area contributed by atoms with E-state index in [4.69, 9.17) is 0 Å². The van der Waals surface area contributed by atoms with Gasteiger partial charge in [-0.3, -0.25) is 0 Å². The van der Waals surface area contributed by atoms with Crippen LogP contribution in [-0.2, 0) is 6.54 Å². The summed E-state index contributed by atoms with van der Waals surface area (Å²) in [6.45, 7) is 0.842. The van der Waals surface area contributed by atoms with E-state index in [-0.39, 0.29) is 0 Å². The highest BCUT2D eigenvalue weighted by molar-refractivity contribution is 9.10. The topological polar surface area (TPSA) is 12.0 Å². The number of rotatable bonds is 3. The summed E-state index contributed by atoms with van der Waals surface area (Å²) in [5.41, 5.74) is 2.40. The van der Waals surface area contributed by atoms with Crippen LogP contribution in [0.1, 0.15) is 5.56 Å². The molecule has 0 bridgehead atoms. The lowest BCUT2D eigenvalue weighted by atomic mass is 10.2. The van der Waals surface area contributed by atoms with Crippen molar-refractivity contribution < 1.29 is 0 Å². The van der Waals surface area contributed by atoms with E-state index in [0.717, 1.165) is 21.2 Å². The highest BCUT2D eigenvalue weighted by atomic mass is 79.9. The van der Waals surface area contributed by atoms with E-state index < -0.39 is 0 Å². The van der Waals surface area contributed by atoms with E-state index in [1.165, 1.54) is 5.56 Å². The molecule has 2 aromatic rings. The molecule has 1 N–H and O–H groups in total. The van der Waals surface area contributed by atoms with Crippen LogP contribution >= 0.6 is 31.9 Å². The highest BCUT2D eigenvalue weighted by Gasteiger charge is 1.94. The Morgan fingerprint density at radius 2 is 1.25 bits per heavy atom. The van der Waals surface area contributed by atoms with Gasteiger partial charge in [-0.05, 0) is 42.0 Å². The molecule has 0 amide bonds. The van der Waals surface area contributed by atoms with Crippen molar-refractivity contribution in [2.45, 2.75) is 6.54 Å². The summed E-state index contributed by atoms with van der Waals surface area (Å²) in [5, 5.41) is 3.37. The summed E-state index contributed by atoms with van der Waals surface area (Å²) in [6.07, 6.45) is 0. The van der Waals surface area contributed by atoms with Crippen LogP contribution in [0.5, 0.6) is 0 Å². The molecule has 0 saturated carbocycles. The molecule has 0 heterocycles. The van der Waals surface area contributed by atoms with Crippen LogP contribution < -0.4 is 5.32 Å². The molecule has 2 aromatic carbocycles. The van der Waals surface area contributed by atoms with Gasteiger partial charge in [0.05, 0.1) is 0 Å². The van der Waals surface area contributed by atoms with E-state index in [9.17, 15) is 0 Å². The molecule has 2 rings (SSSR count). The minimum absolute atomic E-state index is 0.842. The zero-order chi connectivity index (χ0) is 11.4. The lowest BCUT2D eigenvalue weighted by Crippen LogP contribution is -1.98. The molecule has 1 nitrogen and oxygen atoms in total. The van der Waals surface area contributed by atoms with E-state index in [1.807, 2.05) is 12.1 Å². The second kappa shape index (κ2) is 5.51. The van der Waals surface area contributed by atoms with E-state index in [1.54, 1.807) is 0 Å². The zero-order valence-corrected chi connectivity index (χ0v) is 11.8. The maximum Gasteiger partial charge on any atom is 0.0400 e. The lowest BCUT2D eigenvalue weighted by Gasteiger charge is -2.06. The molecule has 0 fully saturated rings. The van der Waals surface area contributed by atoms with Gasteiger partial charge in [-0.15, -0.1) is 0 Å². The molecule has 0 aliphatic heterocycles. The molecule has 3 heteroatoms. The van der Waals surface area contributed by atoms with Gasteiger partial charge >= 0.3 is 0 Å². The molecule has 0 spiro atoms. The number of hydrogen-bond acceptors (Lipinski definition) is 1. The van der Waals surface area contributed by atoms with Crippen LogP contribution in [0, 0.1) is 0 Å². The first kappa shape index (κ1) is 11.7. The molecule has 0 unspecified atom stereocenters. The fraction of sp³-hybridized carbons (Fsp3) is 0.0769. The third kappa shape index (κ3) is 3.35. The largest absolute Gasteiger partial charge is 0.381 e. The van der Waals surface area contributed by atoms with Crippen molar-refractivity contribution in [2.75, 3.05) is 5.32 Å². The number of hydrogen-bond donors (Lipinski definition) is 1. The summed E-state index contributed by atoms with van der Waals surface area (Å²) >= 11 is 6.84. The van der Waals surface area contributed by atoms with Gasteiger partial charge in [-0.1, -0.05) is 44.0 Å². The van der Waals surface area contributed by atoms with Crippen LogP contribution in [0.2, 0.25) is 0 Å². The molecular weight excluding hydrogens is 330 g/mol. The Kier molecular flexibility index (Phi) is 4.02. The van der Waals surface area contributed by atoms with Crippen molar-refractivity contribution in [3.63, 3.8) is 0 Å². The lowest BCUT2D eigenvalue weighted by molar-refractivity contribution is 1.15. The number of benzene rings is 2. The van der Waals surface area contributed by atoms with Gasteiger partial charge in [-0.2, -0.15) is 0 Å². The summed E-state index contributed by atoms with van der Waals surface area (Å²) in [6, 6.07) is 16.5. The Balaban J connectivity index is 1.97. The maximum absolute atomic E-state index is 3.42. The van der Waals surface area contributed by atoms with Crippen molar-refractivity contribution in [1.82, 2.24) is 0 Å². The van der Waals surface area contributed by atoms with Crippen LogP contribution in [0.25, 0.3) is 0 Å². The first-order chi connectivity index (χ1) is 7.74. The average molecular weight is 341 g/mol. The zero-order valence-electron chi connectivity index (χ0n) is 8.58. The van der Waals surface area contributed by atoms with Crippen molar-refractivity contribution >= 4 is 37.5 Å². The minimum atomic E-state index is 0.842. The molecule has 16 heavy (non-hydrogen) atoms. The van der Waals surface area contributed by atoms with Crippen molar-refractivity contribution in [2.24, 2.45) is 0 Å². The van der Waals surface area contributed by atoms with Crippen molar-refractivity contribution in [3.8, 4) is 0 Å². The Hall–Kier alpha value is -0.800. The van der Waals surface area contributed by atoms with Crippen LogP contribution in [-0.4, -0.2) is 0 Å². The van der Waals surface area contributed by atoms with Gasteiger partial charge in [0.1, 0.15) is 0 Å². The van der Waals surface area contributed by atoms with E-state index in [0.29, 0.717) is 0 Å². The first-order valence-corrected chi connectivity index (χ1v) is 6.56. The summed E-state index contributed by atoms with van der Waals surface area (Å²) < 4.78 is 2.21. The predicted octanol–water partition coefficient (Wildman–Crippen LogP) is 4.82. The molecular formula is C13H11Br2N. The Morgan fingerprint density at radius 3 is 1.81 bits per heavy atom. The predicted molar refractivity (Wildman–Crippen MR) is 75.6 cm³/mol. The van der Waals surface area contributed by atoms with Crippen LogP contribution in [0.3, 0.4) is 0 Å². The smallest absolute Gasteiger partial charge is 0.0400 e. The fourth-order valence-electron chi connectivity index (χ4n) is 1.37. The molecule has 0 radical (unpaired) electrons. The quantitative estimate of drug-likeness (QED) is 0.844. The monoisotopic (exact) mass is 339 g/mol. The molecule has 0 atom stereocenters. The van der Waals surface area contributed by atoms with Gasteiger partial charge < -0.3 is 5.32 Å². The summed E-state index contributed by atoms with van der Waals surface area (Å²) in [4.78, 5) is 0. The normalized spacial score (nSPS) is 10.1. The SMILES string of the molecule is Brc1ccc(CNc2ccc(Br)cc2)cc1. The third-order valence-corrected chi connectivity index (χ3v) is 3.31. The highest BCUT2D eigenvalue weighted by Crippen LogP contribution is 2.16. The Bertz CT molecular complexity index is 403. The average Bonchev–Trinajstić information content (AvgIpc) is 2.30. The van der Waals surface area contributed by atoms with Crippen molar-refractivity contribution in [3.05, 3.63) is 63.0 Å². The van der Waals surface area contributed by atoms with Gasteiger partial charge in [-0.25, -0.2) is 0 Å². The Morgan fingerprint density at radius 1 is 0.750 bits per heavy atom. The molecule has 0 aliphatic carbocycles. The third-order valence-electron chi connectivity index (χ3n) is 2.25. The standard InChI is InChI=1S/C13H11Br2N/c14-11-3-1-10(2-4-11)9-16-13-7-5-12(15)6-8-13/h1-8,16H,9H2. The minimum Gasteiger partial charge on any atom is -0.381 e. The molecule has 0 saturated heterocycles. The number of nitrogens with one attached hydrogen (secondary N) is 1. The second-order valence-electron chi connectivity index (χ2n) is 3.49. The van der Waals surface area contributed by atoms with Gasteiger partial charge in [0.25, 0.3) is 0 Å². The molecule has 0 aromatic heterocycles. The van der Waals surface area contributed by atoms with E-state index in [2.05, 4.69) is 73.6 Å². The van der Waals surface area contributed by atoms with Gasteiger partial charge in [0, 0.05) is 21.2 Å². The van der Waals surface area contributed by atoms with Gasteiger partial charge in [0.2, 0.25) is 0 Å². The first-order valence-electron chi connectivity index (χ1n) is 4.98. The number of halogens is 2. The molecule has 0 aliphatic rings. The summed E-state index contributed by atoms with van der Waals surface area (Å²) in [7, 11) is 0. The molecule has 82 valence electrons. The number of anilines is 1. The summed E-state index contributed by atoms with van der Waals surface area (Å²) in [5.74, 6) is 0. The van der Waals surface area contributed by atoms with Crippen LogP contribution in [0.4, 0.5) is 5.69 Å². The fourth-order valence-corrected chi connectivity index (χ4v) is 1.90. The maximum atomic E-state index is 3.42. The van der Waals surface area contributed by atoms with Crippen LogP contribution in [0.15, 0.2) is 57.5 Å². The van der Waals surface area contributed by atoms with Gasteiger partial charge in [0.15, 0.2) is 0 Å². The van der Waals surface area contributed by atoms with Crippen molar-refractivity contribution in [1.29, 1.82) is 0 Å². The Labute approximate surface area is 112 Å².